The molecule has 3 rings (SSSR count). The van der Waals surface area contributed by atoms with Gasteiger partial charge in [0.25, 0.3) is 5.91 Å². The van der Waals surface area contributed by atoms with E-state index in [0.29, 0.717) is 56.2 Å². The number of ether oxygens (including phenoxy) is 2. The minimum absolute atomic E-state index is 0.129. The summed E-state index contributed by atoms with van der Waals surface area (Å²) in [5, 5.41) is 2.96. The lowest BCUT2D eigenvalue weighted by Crippen LogP contribution is -2.46. The molecule has 2 aliphatic rings. The summed E-state index contributed by atoms with van der Waals surface area (Å²) in [5.41, 5.74) is 0.420. The smallest absolute Gasteiger partial charge is 0.401 e. The van der Waals surface area contributed by atoms with Crippen LogP contribution >= 0.6 is 0 Å². The van der Waals surface area contributed by atoms with E-state index in [9.17, 15) is 18.0 Å². The number of amides is 1. The Morgan fingerprint density at radius 3 is 2.65 bits per heavy atom. The van der Waals surface area contributed by atoms with E-state index in [0.717, 1.165) is 0 Å². The van der Waals surface area contributed by atoms with Crippen LogP contribution in [0.5, 0.6) is 11.5 Å². The molecule has 26 heavy (non-hydrogen) atoms. The van der Waals surface area contributed by atoms with E-state index in [1.165, 1.54) is 4.90 Å². The Morgan fingerprint density at radius 1 is 1.27 bits per heavy atom. The van der Waals surface area contributed by atoms with Gasteiger partial charge in [-0.15, -0.1) is 0 Å². The predicted molar refractivity (Wildman–Crippen MR) is 89.6 cm³/mol. The molecule has 0 spiro atoms. The van der Waals surface area contributed by atoms with Gasteiger partial charge in [-0.1, -0.05) is 6.07 Å². The summed E-state index contributed by atoms with van der Waals surface area (Å²) in [7, 11) is 0. The number of rotatable bonds is 4. The van der Waals surface area contributed by atoms with Gasteiger partial charge < -0.3 is 14.8 Å². The number of halogens is 3. The van der Waals surface area contributed by atoms with Crippen molar-refractivity contribution in [3.05, 3.63) is 23.8 Å². The molecule has 5 nitrogen and oxygen atoms in total. The molecule has 0 saturated carbocycles. The molecule has 1 fully saturated rings. The third-order valence-corrected chi connectivity index (χ3v) is 4.91. The van der Waals surface area contributed by atoms with E-state index in [4.69, 9.17) is 9.47 Å². The lowest BCUT2D eigenvalue weighted by Gasteiger charge is -2.35. The van der Waals surface area contributed by atoms with Crippen LogP contribution in [0.1, 0.15) is 30.1 Å². The molecule has 0 aliphatic carbocycles. The van der Waals surface area contributed by atoms with Gasteiger partial charge in [-0.2, -0.15) is 13.2 Å². The summed E-state index contributed by atoms with van der Waals surface area (Å²) in [6, 6.07) is 5.05. The zero-order chi connectivity index (χ0) is 18.7. The van der Waals surface area contributed by atoms with E-state index in [2.05, 4.69) is 5.32 Å². The molecular formula is C18H23F3N2O3. The second-order valence-electron chi connectivity index (χ2n) is 6.82. The second kappa shape index (κ2) is 7.73. The van der Waals surface area contributed by atoms with Gasteiger partial charge in [0.1, 0.15) is 13.2 Å². The number of nitrogens with zero attached hydrogens (tertiary/aromatic N) is 1. The van der Waals surface area contributed by atoms with Crippen molar-refractivity contribution in [3.8, 4) is 11.5 Å². The van der Waals surface area contributed by atoms with Gasteiger partial charge >= 0.3 is 6.18 Å². The van der Waals surface area contributed by atoms with Crippen LogP contribution in [-0.4, -0.2) is 55.9 Å². The van der Waals surface area contributed by atoms with Crippen LogP contribution in [0, 0.1) is 5.92 Å². The fourth-order valence-corrected chi connectivity index (χ4v) is 3.52. The van der Waals surface area contributed by atoms with Crippen LogP contribution in [0.15, 0.2) is 18.2 Å². The number of alkyl halides is 3. The van der Waals surface area contributed by atoms with Crippen LogP contribution in [0.3, 0.4) is 0 Å². The Morgan fingerprint density at radius 2 is 1.96 bits per heavy atom. The number of benzene rings is 1. The van der Waals surface area contributed by atoms with Crippen LogP contribution in [0.4, 0.5) is 13.2 Å². The summed E-state index contributed by atoms with van der Waals surface area (Å²) in [6.45, 7) is 2.66. The highest BCUT2D eigenvalue weighted by Gasteiger charge is 2.34. The zero-order valence-corrected chi connectivity index (χ0v) is 14.6. The monoisotopic (exact) mass is 372 g/mol. The van der Waals surface area contributed by atoms with Crippen molar-refractivity contribution >= 4 is 5.91 Å². The van der Waals surface area contributed by atoms with Gasteiger partial charge in [0, 0.05) is 6.04 Å². The Balaban J connectivity index is 1.56. The van der Waals surface area contributed by atoms with Gasteiger partial charge in [-0.25, -0.2) is 0 Å². The number of nitrogens with one attached hydrogen (secondary N) is 1. The van der Waals surface area contributed by atoms with Crippen molar-refractivity contribution in [2.45, 2.75) is 32.0 Å². The Kier molecular flexibility index (Phi) is 5.60. The first-order chi connectivity index (χ1) is 12.3. The van der Waals surface area contributed by atoms with Gasteiger partial charge in [-0.05, 0) is 50.9 Å². The molecule has 2 aliphatic heterocycles. The van der Waals surface area contributed by atoms with E-state index >= 15 is 0 Å². The number of hydrogen-bond donors (Lipinski definition) is 1. The fraction of sp³-hybridized carbons (Fsp3) is 0.611. The molecule has 0 bridgehead atoms. The molecule has 0 aromatic heterocycles. The lowest BCUT2D eigenvalue weighted by atomic mass is 9.90. The number of carbonyl (C=O) groups is 1. The second-order valence-corrected chi connectivity index (χ2v) is 6.82. The van der Waals surface area contributed by atoms with Crippen molar-refractivity contribution in [1.29, 1.82) is 0 Å². The van der Waals surface area contributed by atoms with Crippen molar-refractivity contribution < 1.29 is 27.4 Å². The van der Waals surface area contributed by atoms with E-state index in [1.807, 2.05) is 6.92 Å². The maximum atomic E-state index is 12.6. The largest absolute Gasteiger partial charge is 0.486 e. The number of piperidine rings is 1. The molecule has 1 N–H and O–H groups in total. The van der Waals surface area contributed by atoms with Gasteiger partial charge in [0.05, 0.1) is 12.1 Å². The quantitative estimate of drug-likeness (QED) is 0.883. The molecule has 0 radical (unpaired) electrons. The summed E-state index contributed by atoms with van der Waals surface area (Å²) in [5.74, 6) is 0.901. The third kappa shape index (κ3) is 4.60. The minimum atomic E-state index is -4.17. The van der Waals surface area contributed by atoms with Crippen molar-refractivity contribution in [3.63, 3.8) is 0 Å². The van der Waals surface area contributed by atoms with Crippen molar-refractivity contribution in [2.24, 2.45) is 5.92 Å². The maximum Gasteiger partial charge on any atom is 0.401 e. The SMILES string of the molecule is C[C@@H](NC(=O)c1cccc2c1OCCO2)C1CCN(CC(F)(F)F)CC1. The first-order valence-corrected chi connectivity index (χ1v) is 8.82. The number of fused-ring (bicyclic) bond motifs is 1. The first-order valence-electron chi connectivity index (χ1n) is 8.82. The molecule has 144 valence electrons. The number of para-hydroxylation sites is 1. The van der Waals surface area contributed by atoms with E-state index in [-0.39, 0.29) is 17.9 Å². The average molecular weight is 372 g/mol. The number of hydrogen-bond acceptors (Lipinski definition) is 4. The maximum absolute atomic E-state index is 12.6. The standard InChI is InChI=1S/C18H23F3N2O3/c1-12(13-5-7-23(8-6-13)11-18(19,20)21)22-17(24)14-3-2-4-15-16(14)26-10-9-25-15/h2-4,12-13H,5-11H2,1H3,(H,22,24)/t12-/m1/s1. The molecular weight excluding hydrogens is 349 g/mol. The molecule has 8 heteroatoms. The third-order valence-electron chi connectivity index (χ3n) is 4.91. The van der Waals surface area contributed by atoms with Crippen LogP contribution in [0.25, 0.3) is 0 Å². The summed E-state index contributed by atoms with van der Waals surface area (Å²) >= 11 is 0. The molecule has 1 aromatic carbocycles. The molecule has 1 atom stereocenters. The van der Waals surface area contributed by atoms with Crippen LogP contribution < -0.4 is 14.8 Å². The molecule has 1 amide bonds. The first kappa shape index (κ1) is 18.8. The molecule has 1 saturated heterocycles. The fourth-order valence-electron chi connectivity index (χ4n) is 3.52. The topological polar surface area (TPSA) is 50.8 Å². The normalized spacial score (nSPS) is 19.8. The molecule has 1 aromatic rings. The highest BCUT2D eigenvalue weighted by Crippen LogP contribution is 2.33. The Labute approximate surface area is 150 Å². The highest BCUT2D eigenvalue weighted by atomic mass is 19.4. The molecule has 2 heterocycles. The molecule has 0 unspecified atom stereocenters. The number of likely N-dealkylation sites (tertiary alicyclic amines) is 1. The zero-order valence-electron chi connectivity index (χ0n) is 14.6. The Hall–Kier alpha value is -1.96. The minimum Gasteiger partial charge on any atom is -0.486 e. The lowest BCUT2D eigenvalue weighted by molar-refractivity contribution is -0.148. The average Bonchev–Trinajstić information content (AvgIpc) is 2.60. The van der Waals surface area contributed by atoms with Gasteiger partial charge in [0.15, 0.2) is 11.5 Å². The van der Waals surface area contributed by atoms with Crippen molar-refractivity contribution in [1.82, 2.24) is 10.2 Å². The summed E-state index contributed by atoms with van der Waals surface area (Å²) < 4.78 is 48.5. The summed E-state index contributed by atoms with van der Waals surface area (Å²) in [4.78, 5) is 14.0. The van der Waals surface area contributed by atoms with Gasteiger partial charge in [-0.3, -0.25) is 9.69 Å². The van der Waals surface area contributed by atoms with E-state index in [1.54, 1.807) is 18.2 Å². The van der Waals surface area contributed by atoms with E-state index < -0.39 is 12.7 Å². The summed E-state index contributed by atoms with van der Waals surface area (Å²) in [6.07, 6.45) is -2.91. The predicted octanol–water partition coefficient (Wildman–Crippen LogP) is 2.85. The Bertz CT molecular complexity index is 643. The highest BCUT2D eigenvalue weighted by molar-refractivity contribution is 5.98. The van der Waals surface area contributed by atoms with Crippen molar-refractivity contribution in [2.75, 3.05) is 32.8 Å². The van der Waals surface area contributed by atoms with Crippen LogP contribution in [0.2, 0.25) is 0 Å². The van der Waals surface area contributed by atoms with Crippen LogP contribution in [-0.2, 0) is 0 Å². The van der Waals surface area contributed by atoms with Gasteiger partial charge in [0.2, 0.25) is 0 Å². The number of carbonyl (C=O) groups excluding carboxylic acids is 1.